The summed E-state index contributed by atoms with van der Waals surface area (Å²) >= 11 is 13.6. The van der Waals surface area contributed by atoms with E-state index in [1.54, 1.807) is 44.4 Å². The topological polar surface area (TPSA) is 101 Å². The number of hydrogen-bond acceptors (Lipinski definition) is 8. The molecule has 0 radical (unpaired) electrons. The number of benzene rings is 3. The summed E-state index contributed by atoms with van der Waals surface area (Å²) in [6.07, 6.45) is 0. The van der Waals surface area contributed by atoms with Crippen LogP contribution in [0.15, 0.2) is 59.5 Å². The Morgan fingerprint density at radius 3 is 2.35 bits per heavy atom. The quantitative estimate of drug-likeness (QED) is 0.280. The van der Waals surface area contributed by atoms with Crippen LogP contribution in [-0.4, -0.2) is 52.6 Å². The van der Waals surface area contributed by atoms with Gasteiger partial charge in [-0.3, -0.25) is 9.69 Å². The highest BCUT2D eigenvalue weighted by Crippen LogP contribution is 2.39. The first-order valence-corrected chi connectivity index (χ1v) is 13.7. The first kappa shape index (κ1) is 27.1. The normalized spacial score (nSPS) is 11.6. The maximum atomic E-state index is 13.8. The third-order valence-corrected chi connectivity index (χ3v) is 8.17. The molecular weight excluding hydrogens is 559 g/mol. The zero-order valence-electron chi connectivity index (χ0n) is 20.2. The molecule has 9 nitrogen and oxygen atoms in total. The summed E-state index contributed by atoms with van der Waals surface area (Å²) in [4.78, 5) is 22.3. The predicted molar refractivity (Wildman–Crippen MR) is 146 cm³/mol. The molecule has 194 valence electrons. The highest BCUT2D eigenvalue weighted by Gasteiger charge is 2.27. The second kappa shape index (κ2) is 10.8. The lowest BCUT2D eigenvalue weighted by Crippen LogP contribution is -2.36. The first-order valence-electron chi connectivity index (χ1n) is 10.7. The van der Waals surface area contributed by atoms with Gasteiger partial charge in [0.1, 0.15) is 0 Å². The van der Waals surface area contributed by atoms with Crippen molar-refractivity contribution in [3.8, 4) is 11.5 Å². The lowest BCUT2D eigenvalue weighted by molar-refractivity contribution is 0.0999. The summed E-state index contributed by atoms with van der Waals surface area (Å²) in [6, 6.07) is 14.1. The van der Waals surface area contributed by atoms with Gasteiger partial charge >= 0.3 is 0 Å². The van der Waals surface area contributed by atoms with Crippen LogP contribution in [0.25, 0.3) is 10.2 Å². The van der Waals surface area contributed by atoms with Gasteiger partial charge in [0.05, 0.1) is 45.6 Å². The van der Waals surface area contributed by atoms with Crippen LogP contribution in [-0.2, 0) is 10.0 Å². The van der Waals surface area contributed by atoms with Crippen molar-refractivity contribution in [1.82, 2.24) is 14.8 Å². The molecule has 0 unspecified atom stereocenters. The highest BCUT2D eigenvalue weighted by atomic mass is 35.5. The van der Waals surface area contributed by atoms with Crippen molar-refractivity contribution in [3.05, 3.63) is 70.2 Å². The van der Waals surface area contributed by atoms with E-state index in [0.717, 1.165) is 11.3 Å². The number of hydrogen-bond donors (Lipinski definition) is 1. The van der Waals surface area contributed by atoms with Gasteiger partial charge in [0.2, 0.25) is 0 Å². The lowest BCUT2D eigenvalue weighted by Gasteiger charge is -2.22. The Kier molecular flexibility index (Phi) is 7.93. The number of fused-ring (bicyclic) bond motifs is 1. The van der Waals surface area contributed by atoms with Crippen LogP contribution in [0.3, 0.4) is 0 Å². The van der Waals surface area contributed by atoms with Crippen LogP contribution in [0.1, 0.15) is 10.4 Å². The minimum atomic E-state index is -3.79. The maximum Gasteiger partial charge on any atom is 0.266 e. The molecule has 0 spiro atoms. The van der Waals surface area contributed by atoms with Gasteiger partial charge in [-0.05, 0) is 48.5 Å². The number of hydrazine groups is 1. The minimum Gasteiger partial charge on any atom is -0.493 e. The molecule has 0 aliphatic rings. The average Bonchev–Trinajstić information content (AvgIpc) is 3.26. The highest BCUT2D eigenvalue weighted by molar-refractivity contribution is 7.89. The molecule has 1 heterocycles. The Hall–Kier alpha value is -2.93. The van der Waals surface area contributed by atoms with Gasteiger partial charge in [-0.15, -0.1) is 4.83 Å². The number of ether oxygens (including phenoxy) is 2. The Balaban J connectivity index is 1.87. The van der Waals surface area contributed by atoms with Crippen LogP contribution in [0.4, 0.5) is 10.8 Å². The van der Waals surface area contributed by atoms with E-state index in [0.29, 0.717) is 37.6 Å². The van der Waals surface area contributed by atoms with Gasteiger partial charge in [-0.1, -0.05) is 34.5 Å². The molecule has 1 amide bonds. The Morgan fingerprint density at radius 2 is 1.70 bits per heavy atom. The molecule has 4 rings (SSSR count). The lowest BCUT2D eigenvalue weighted by atomic mass is 10.1. The van der Waals surface area contributed by atoms with Gasteiger partial charge in [0.25, 0.3) is 15.9 Å². The van der Waals surface area contributed by atoms with Crippen LogP contribution in [0, 0.1) is 0 Å². The largest absolute Gasteiger partial charge is 0.493 e. The fraction of sp³-hybridized carbons (Fsp3) is 0.167. The molecule has 13 heteroatoms. The monoisotopic (exact) mass is 580 g/mol. The Bertz CT molecular complexity index is 1590. The number of carbonyl (C=O) groups excluding carboxylic acids is 1. The van der Waals surface area contributed by atoms with E-state index >= 15 is 0 Å². The molecule has 0 atom stereocenters. The van der Waals surface area contributed by atoms with Crippen molar-refractivity contribution in [2.24, 2.45) is 0 Å². The van der Waals surface area contributed by atoms with E-state index in [4.69, 9.17) is 32.7 Å². The third-order valence-electron chi connectivity index (χ3n) is 5.14. The molecule has 0 saturated carbocycles. The Morgan fingerprint density at radius 1 is 0.973 bits per heavy atom. The number of amides is 1. The van der Waals surface area contributed by atoms with E-state index in [9.17, 15) is 13.2 Å². The fourth-order valence-corrected chi connectivity index (χ4v) is 6.21. The molecule has 1 aromatic heterocycles. The van der Waals surface area contributed by atoms with Crippen LogP contribution >= 0.6 is 34.5 Å². The number of nitrogens with zero attached hydrogens (tertiary/aromatic N) is 3. The number of rotatable bonds is 8. The van der Waals surface area contributed by atoms with Crippen LogP contribution in [0.5, 0.6) is 11.5 Å². The SMILES string of the molecule is COc1ccc(N(C(=O)c2ccc(Cl)cc2Cl)c2nc3ccc(S(=O)(=O)NN(C)C)cc3s2)cc1OC. The molecule has 0 bridgehead atoms. The van der Waals surface area contributed by atoms with E-state index < -0.39 is 15.9 Å². The first-order chi connectivity index (χ1) is 17.5. The van der Waals surface area contributed by atoms with Crippen LogP contribution < -0.4 is 19.2 Å². The van der Waals surface area contributed by atoms with Gasteiger partial charge in [0, 0.05) is 25.2 Å². The number of carbonyl (C=O) groups is 1. The van der Waals surface area contributed by atoms with E-state index in [1.165, 1.54) is 48.4 Å². The summed E-state index contributed by atoms with van der Waals surface area (Å²) in [5.74, 6) is 0.426. The summed E-state index contributed by atoms with van der Waals surface area (Å²) in [5, 5.41) is 2.20. The number of thiazole rings is 1. The second-order valence-electron chi connectivity index (χ2n) is 7.92. The molecule has 0 saturated heterocycles. The van der Waals surface area contributed by atoms with E-state index in [2.05, 4.69) is 9.82 Å². The third kappa shape index (κ3) is 5.66. The molecule has 3 aromatic carbocycles. The predicted octanol–water partition coefficient (Wildman–Crippen LogP) is 5.35. The average molecular weight is 582 g/mol. The molecule has 1 N–H and O–H groups in total. The summed E-state index contributed by atoms with van der Waals surface area (Å²) in [5.41, 5.74) is 1.16. The summed E-state index contributed by atoms with van der Waals surface area (Å²) < 4.78 is 36.6. The zero-order valence-corrected chi connectivity index (χ0v) is 23.3. The van der Waals surface area contributed by atoms with Gasteiger partial charge < -0.3 is 9.47 Å². The van der Waals surface area contributed by atoms with Gasteiger partial charge in [-0.25, -0.2) is 18.4 Å². The molecule has 0 aliphatic heterocycles. The smallest absolute Gasteiger partial charge is 0.266 e. The molecular formula is C24H22Cl2N4O5S2. The van der Waals surface area contributed by atoms with Crippen molar-refractivity contribution >= 4 is 71.5 Å². The number of anilines is 2. The number of halogens is 2. The van der Waals surface area contributed by atoms with Gasteiger partial charge in [0.15, 0.2) is 16.6 Å². The Labute approximate surface area is 228 Å². The fourth-order valence-electron chi connectivity index (χ4n) is 3.51. The molecule has 4 aromatic rings. The minimum absolute atomic E-state index is 0.0636. The zero-order chi connectivity index (χ0) is 26.9. The van der Waals surface area contributed by atoms with Crippen molar-refractivity contribution < 1.29 is 22.7 Å². The summed E-state index contributed by atoms with van der Waals surface area (Å²) in [7, 11) is 2.38. The van der Waals surface area contributed by atoms with E-state index in [-0.39, 0.29) is 15.5 Å². The molecule has 0 aliphatic carbocycles. The molecule has 0 fully saturated rings. The maximum absolute atomic E-state index is 13.8. The second-order valence-corrected chi connectivity index (χ2v) is 11.4. The number of sulfonamides is 1. The number of nitrogens with one attached hydrogen (secondary N) is 1. The van der Waals surface area contributed by atoms with E-state index in [1.807, 2.05) is 0 Å². The molecule has 37 heavy (non-hydrogen) atoms. The number of methoxy groups -OCH3 is 2. The van der Waals surface area contributed by atoms with Crippen molar-refractivity contribution in [2.75, 3.05) is 33.2 Å². The van der Waals surface area contributed by atoms with Crippen molar-refractivity contribution in [1.29, 1.82) is 0 Å². The van der Waals surface area contributed by atoms with Crippen molar-refractivity contribution in [2.45, 2.75) is 4.90 Å². The van der Waals surface area contributed by atoms with Crippen LogP contribution in [0.2, 0.25) is 10.0 Å². The van der Waals surface area contributed by atoms with Gasteiger partial charge in [-0.2, -0.15) is 0 Å². The number of aromatic nitrogens is 1. The standard InChI is InChI=1S/C24H22Cl2N4O5S2/c1-29(2)28-37(32,33)16-7-9-19-22(13-16)36-24(27-19)30(15-6-10-20(34-3)21(12-15)35-4)23(31)17-8-5-14(25)11-18(17)26/h5-13,28H,1-4H3. The van der Waals surface area contributed by atoms with Crippen molar-refractivity contribution in [3.63, 3.8) is 0 Å². The summed E-state index contributed by atoms with van der Waals surface area (Å²) in [6.45, 7) is 0.